The quantitative estimate of drug-likeness (QED) is 0.435. The largest absolute Gasteiger partial charge is 0.469 e. The van der Waals surface area contributed by atoms with Crippen LogP contribution in [-0.2, 0) is 18.1 Å². The normalized spacial score (nSPS) is 12.4. The number of hydrogen-bond acceptors (Lipinski definition) is 6. The van der Waals surface area contributed by atoms with Crippen LogP contribution in [0.5, 0.6) is 0 Å². The van der Waals surface area contributed by atoms with Gasteiger partial charge in [-0.15, -0.1) is 0 Å². The Morgan fingerprint density at radius 2 is 1.93 bits per heavy atom. The molecule has 11 heteroatoms. The summed E-state index contributed by atoms with van der Waals surface area (Å²) < 4.78 is 20.1. The molecule has 0 aliphatic rings. The van der Waals surface area contributed by atoms with Crippen LogP contribution in [0, 0.1) is 20.2 Å². The van der Waals surface area contributed by atoms with E-state index in [4.69, 9.17) is 4.55 Å². The summed E-state index contributed by atoms with van der Waals surface area (Å²) in [6, 6.07) is 0. The van der Waals surface area contributed by atoms with Crippen LogP contribution in [-0.4, -0.2) is 28.4 Å². The number of nitrogens with zero attached hydrogens (tertiary/aromatic N) is 4. The Balaban J connectivity index is 3.59. The van der Waals surface area contributed by atoms with Gasteiger partial charge in [0.2, 0.25) is 11.1 Å². The summed E-state index contributed by atoms with van der Waals surface area (Å²) in [5.41, 5.74) is -1.07. The summed E-state index contributed by atoms with van der Waals surface area (Å²) in [5.74, 6) is -1.06. The average molecular weight is 236 g/mol. The third-order valence-corrected chi connectivity index (χ3v) is 2.26. The molecule has 0 spiro atoms. The minimum atomic E-state index is -2.71. The number of aromatic nitrogens is 2. The third-order valence-electron chi connectivity index (χ3n) is 1.47. The van der Waals surface area contributed by atoms with E-state index in [9.17, 15) is 24.4 Å². The van der Waals surface area contributed by atoms with E-state index in [0.717, 1.165) is 7.05 Å². The highest BCUT2D eigenvalue weighted by molar-refractivity contribution is 7.79. The van der Waals surface area contributed by atoms with Crippen LogP contribution < -0.4 is 0 Å². The highest BCUT2D eigenvalue weighted by Gasteiger charge is 2.39. The second-order valence-corrected chi connectivity index (χ2v) is 3.25. The van der Waals surface area contributed by atoms with E-state index in [1.807, 2.05) is 0 Å². The van der Waals surface area contributed by atoms with Crippen LogP contribution in [0.2, 0.25) is 0 Å². The van der Waals surface area contributed by atoms with Crippen LogP contribution in [0.25, 0.3) is 0 Å². The highest BCUT2D eigenvalue weighted by atomic mass is 32.2. The molecule has 1 aromatic heterocycles. The lowest BCUT2D eigenvalue weighted by Crippen LogP contribution is -2.02. The summed E-state index contributed by atoms with van der Waals surface area (Å²) in [7, 11) is 1.10. The summed E-state index contributed by atoms with van der Waals surface area (Å²) >= 11 is -2.71. The predicted molar refractivity (Wildman–Crippen MR) is 45.6 cm³/mol. The van der Waals surface area contributed by atoms with Gasteiger partial charge in [0.1, 0.15) is 0 Å². The van der Waals surface area contributed by atoms with Crippen LogP contribution in [0.3, 0.4) is 0 Å². The summed E-state index contributed by atoms with van der Waals surface area (Å²) in [6.45, 7) is 0. The van der Waals surface area contributed by atoms with Crippen molar-refractivity contribution in [3.63, 3.8) is 0 Å². The zero-order valence-electron chi connectivity index (χ0n) is 7.19. The minimum absolute atomic E-state index is 0.631. The Morgan fingerprint density at radius 1 is 1.40 bits per heavy atom. The SMILES string of the molecule is Cn1nc([N+](=O)[O-])c([N+](=O)[O-])c1S(=O)O. The molecule has 82 valence electrons. The Morgan fingerprint density at radius 3 is 2.27 bits per heavy atom. The summed E-state index contributed by atoms with van der Waals surface area (Å²) in [5, 5.41) is 23.3. The van der Waals surface area contributed by atoms with Crippen molar-refractivity contribution in [3.8, 4) is 0 Å². The van der Waals surface area contributed by atoms with Crippen LogP contribution in [0.15, 0.2) is 5.03 Å². The molecule has 0 saturated heterocycles. The van der Waals surface area contributed by atoms with Crippen LogP contribution in [0.1, 0.15) is 0 Å². The maximum absolute atomic E-state index is 10.7. The maximum Gasteiger partial charge on any atom is 0.469 e. The van der Waals surface area contributed by atoms with Crippen molar-refractivity contribution in [2.75, 3.05) is 0 Å². The molecule has 0 amide bonds. The molecular weight excluding hydrogens is 232 g/mol. The lowest BCUT2D eigenvalue weighted by Gasteiger charge is -1.90. The van der Waals surface area contributed by atoms with Crippen molar-refractivity contribution in [2.45, 2.75) is 5.03 Å². The van der Waals surface area contributed by atoms with Crippen molar-refractivity contribution in [1.82, 2.24) is 9.78 Å². The van der Waals surface area contributed by atoms with Crippen molar-refractivity contribution < 1.29 is 18.6 Å². The van der Waals surface area contributed by atoms with E-state index in [0.29, 0.717) is 4.68 Å². The first-order valence-corrected chi connectivity index (χ1v) is 4.43. The topological polar surface area (TPSA) is 141 Å². The number of aryl methyl sites for hydroxylation is 1. The van der Waals surface area contributed by atoms with E-state index >= 15 is 0 Å². The number of nitro groups is 2. The van der Waals surface area contributed by atoms with Gasteiger partial charge < -0.3 is 14.7 Å². The van der Waals surface area contributed by atoms with E-state index < -0.39 is 37.5 Å². The van der Waals surface area contributed by atoms with Gasteiger partial charge in [-0.1, -0.05) is 0 Å². The summed E-state index contributed by atoms with van der Waals surface area (Å²) in [4.78, 5) is 18.6. The smallest absolute Gasteiger partial charge is 0.358 e. The Bertz CT molecular complexity index is 466. The maximum atomic E-state index is 10.7. The average Bonchev–Trinajstić information content (AvgIpc) is 2.42. The molecule has 0 aromatic carbocycles. The lowest BCUT2D eigenvalue weighted by molar-refractivity contribution is -0.426. The monoisotopic (exact) mass is 236 g/mol. The second-order valence-electron chi connectivity index (χ2n) is 2.36. The first-order chi connectivity index (χ1) is 6.86. The Hall–Kier alpha value is -1.88. The number of rotatable bonds is 3. The molecule has 0 bridgehead atoms. The first kappa shape index (κ1) is 11.2. The van der Waals surface area contributed by atoms with E-state index in [-0.39, 0.29) is 0 Å². The van der Waals surface area contributed by atoms with Crippen molar-refractivity contribution >= 4 is 22.6 Å². The highest BCUT2D eigenvalue weighted by Crippen LogP contribution is 2.30. The molecule has 1 rings (SSSR count). The fourth-order valence-corrected chi connectivity index (χ4v) is 1.56. The molecule has 1 N–H and O–H groups in total. The van der Waals surface area contributed by atoms with Crippen LogP contribution >= 0.6 is 0 Å². The molecular formula is C4H4N4O6S. The van der Waals surface area contributed by atoms with Gasteiger partial charge in [0.05, 0.1) is 17.1 Å². The molecule has 10 nitrogen and oxygen atoms in total. The van der Waals surface area contributed by atoms with Gasteiger partial charge in [0.15, 0.2) is 0 Å². The predicted octanol–water partition coefficient (Wildman–Crippen LogP) is -0.183. The molecule has 0 saturated carbocycles. The molecule has 1 unspecified atom stereocenters. The van der Waals surface area contributed by atoms with Crippen molar-refractivity contribution in [2.24, 2.45) is 7.05 Å². The standard InChI is InChI=1S/C4H4N4O6S/c1-6-4(15(13)14)2(7(9)10)3(5-6)8(11)12/h1H3,(H,13,14). The van der Waals surface area contributed by atoms with Gasteiger partial charge in [-0.3, -0.25) is 10.1 Å². The molecule has 0 fully saturated rings. The zero-order chi connectivity index (χ0) is 11.7. The van der Waals surface area contributed by atoms with Gasteiger partial charge in [-0.25, -0.2) is 4.21 Å². The third kappa shape index (κ3) is 1.82. The van der Waals surface area contributed by atoms with E-state index in [1.165, 1.54) is 0 Å². The Kier molecular flexibility index (Phi) is 2.76. The molecule has 0 radical (unpaired) electrons. The van der Waals surface area contributed by atoms with Gasteiger partial charge in [0, 0.05) is 0 Å². The van der Waals surface area contributed by atoms with Crippen molar-refractivity contribution in [1.29, 1.82) is 0 Å². The first-order valence-electron chi connectivity index (χ1n) is 3.33. The van der Waals surface area contributed by atoms with Gasteiger partial charge in [0.25, 0.3) is 5.03 Å². The van der Waals surface area contributed by atoms with Gasteiger partial charge in [-0.2, -0.15) is 4.68 Å². The molecule has 1 heterocycles. The zero-order valence-corrected chi connectivity index (χ0v) is 8.00. The van der Waals surface area contributed by atoms with E-state index in [2.05, 4.69) is 5.10 Å². The number of hydrogen-bond donors (Lipinski definition) is 1. The fourth-order valence-electron chi connectivity index (χ4n) is 0.962. The van der Waals surface area contributed by atoms with Crippen molar-refractivity contribution in [3.05, 3.63) is 20.2 Å². The minimum Gasteiger partial charge on any atom is -0.358 e. The summed E-state index contributed by atoms with van der Waals surface area (Å²) in [6.07, 6.45) is 0. The molecule has 0 aliphatic carbocycles. The van der Waals surface area contributed by atoms with E-state index in [1.54, 1.807) is 0 Å². The van der Waals surface area contributed by atoms with Gasteiger partial charge >= 0.3 is 11.5 Å². The Labute approximate surface area is 84.1 Å². The fraction of sp³-hybridized carbons (Fsp3) is 0.250. The molecule has 0 aliphatic heterocycles. The molecule has 1 atom stereocenters. The van der Waals surface area contributed by atoms with Crippen LogP contribution in [0.4, 0.5) is 11.5 Å². The second kappa shape index (κ2) is 3.70. The lowest BCUT2D eigenvalue weighted by atomic mass is 10.5. The molecule has 1 aromatic rings. The molecule has 15 heavy (non-hydrogen) atoms. The van der Waals surface area contributed by atoms with Gasteiger partial charge in [-0.05, 0) is 4.92 Å².